The Morgan fingerprint density at radius 1 is 1.23 bits per heavy atom. The predicted octanol–water partition coefficient (Wildman–Crippen LogP) is 2.44. The SMILES string of the molecule is COP(=O)(OC)[C@H]1C[C@H]2C=C[C@@H]1C2. The van der Waals surface area contributed by atoms with Gasteiger partial charge in [-0.3, -0.25) is 4.57 Å². The quantitative estimate of drug-likeness (QED) is 0.520. The maximum absolute atomic E-state index is 12.1. The summed E-state index contributed by atoms with van der Waals surface area (Å²) in [4.78, 5) is 0. The molecule has 3 nitrogen and oxygen atoms in total. The van der Waals surface area contributed by atoms with Crippen LogP contribution >= 0.6 is 7.60 Å². The molecule has 1 saturated carbocycles. The van der Waals surface area contributed by atoms with Crippen LogP contribution in [-0.4, -0.2) is 19.9 Å². The highest BCUT2D eigenvalue weighted by atomic mass is 31.2. The fourth-order valence-corrected chi connectivity index (χ4v) is 4.37. The molecule has 0 spiro atoms. The minimum Gasteiger partial charge on any atom is -0.312 e. The molecule has 0 aromatic heterocycles. The molecule has 2 rings (SSSR count). The summed E-state index contributed by atoms with van der Waals surface area (Å²) < 4.78 is 22.1. The molecule has 0 N–H and O–H groups in total. The number of hydrogen-bond acceptors (Lipinski definition) is 3. The molecule has 0 amide bonds. The molecule has 74 valence electrons. The van der Waals surface area contributed by atoms with Crippen LogP contribution in [0.25, 0.3) is 0 Å². The van der Waals surface area contributed by atoms with E-state index in [9.17, 15) is 4.57 Å². The monoisotopic (exact) mass is 202 g/mol. The average Bonchev–Trinajstić information content (AvgIpc) is 2.77. The van der Waals surface area contributed by atoms with Gasteiger partial charge < -0.3 is 9.05 Å². The third-order valence-electron chi connectivity index (χ3n) is 3.16. The third kappa shape index (κ3) is 1.39. The molecule has 0 radical (unpaired) electrons. The van der Waals surface area contributed by atoms with Crippen molar-refractivity contribution in [1.82, 2.24) is 0 Å². The van der Waals surface area contributed by atoms with Gasteiger partial charge in [0.25, 0.3) is 0 Å². The van der Waals surface area contributed by atoms with Gasteiger partial charge in [-0.15, -0.1) is 0 Å². The Hall–Kier alpha value is -0.110. The summed E-state index contributed by atoms with van der Waals surface area (Å²) in [5.41, 5.74) is 0.0949. The van der Waals surface area contributed by atoms with E-state index in [0.717, 1.165) is 12.8 Å². The Bertz CT molecular complexity index is 266. The van der Waals surface area contributed by atoms with Crippen molar-refractivity contribution in [3.05, 3.63) is 12.2 Å². The first-order valence-electron chi connectivity index (χ1n) is 4.59. The second kappa shape index (κ2) is 3.23. The summed E-state index contributed by atoms with van der Waals surface area (Å²) in [6, 6.07) is 0. The maximum Gasteiger partial charge on any atom is 0.333 e. The van der Waals surface area contributed by atoms with E-state index in [0.29, 0.717) is 11.8 Å². The van der Waals surface area contributed by atoms with Crippen LogP contribution in [0, 0.1) is 11.8 Å². The van der Waals surface area contributed by atoms with Crippen LogP contribution in [-0.2, 0) is 13.6 Å². The summed E-state index contributed by atoms with van der Waals surface area (Å²) in [6.07, 6.45) is 6.46. The van der Waals surface area contributed by atoms with Crippen molar-refractivity contribution < 1.29 is 13.6 Å². The molecule has 0 saturated heterocycles. The molecule has 3 atom stereocenters. The number of fused-ring (bicyclic) bond motifs is 2. The first-order valence-corrected chi connectivity index (χ1v) is 6.20. The molecule has 0 unspecified atom stereocenters. The lowest BCUT2D eigenvalue weighted by molar-refractivity contribution is 0.260. The van der Waals surface area contributed by atoms with Crippen LogP contribution in [0.4, 0.5) is 0 Å². The van der Waals surface area contributed by atoms with Gasteiger partial charge >= 0.3 is 7.60 Å². The lowest BCUT2D eigenvalue weighted by Gasteiger charge is -2.25. The highest BCUT2D eigenvalue weighted by molar-refractivity contribution is 7.54. The van der Waals surface area contributed by atoms with E-state index in [1.54, 1.807) is 0 Å². The van der Waals surface area contributed by atoms with E-state index < -0.39 is 7.60 Å². The highest BCUT2D eigenvalue weighted by Gasteiger charge is 2.47. The van der Waals surface area contributed by atoms with Gasteiger partial charge in [0.15, 0.2) is 0 Å². The highest BCUT2D eigenvalue weighted by Crippen LogP contribution is 2.62. The van der Waals surface area contributed by atoms with E-state index in [-0.39, 0.29) is 5.66 Å². The normalized spacial score (nSPS) is 37.2. The summed E-state index contributed by atoms with van der Waals surface area (Å²) in [7, 11) is 0.122. The van der Waals surface area contributed by atoms with Crippen molar-refractivity contribution >= 4 is 7.60 Å². The summed E-state index contributed by atoms with van der Waals surface area (Å²) in [5, 5.41) is 0. The molecule has 2 aliphatic carbocycles. The zero-order chi connectivity index (χ0) is 9.47. The van der Waals surface area contributed by atoms with Crippen LogP contribution in [0.15, 0.2) is 12.2 Å². The van der Waals surface area contributed by atoms with Crippen LogP contribution in [0.5, 0.6) is 0 Å². The molecule has 0 aromatic carbocycles. The molecule has 13 heavy (non-hydrogen) atoms. The van der Waals surface area contributed by atoms with Gasteiger partial charge in [0, 0.05) is 14.2 Å². The fraction of sp³-hybridized carbons (Fsp3) is 0.778. The molecule has 0 aromatic rings. The van der Waals surface area contributed by atoms with Crippen molar-refractivity contribution in [1.29, 1.82) is 0 Å². The van der Waals surface area contributed by atoms with Crippen molar-refractivity contribution in [2.45, 2.75) is 18.5 Å². The average molecular weight is 202 g/mol. The summed E-state index contributed by atoms with van der Waals surface area (Å²) in [6.45, 7) is 0. The standard InChI is InChI=1S/C9H15O3P/c1-11-13(10,12-2)9-6-7-3-4-8(9)5-7/h3-4,7-9H,5-6H2,1-2H3/t7-,8+,9-/m0/s1. The second-order valence-corrected chi connectivity index (χ2v) is 6.23. The van der Waals surface area contributed by atoms with Crippen molar-refractivity contribution in [3.63, 3.8) is 0 Å². The van der Waals surface area contributed by atoms with Crippen molar-refractivity contribution in [2.24, 2.45) is 11.8 Å². The van der Waals surface area contributed by atoms with Gasteiger partial charge in [0.2, 0.25) is 0 Å². The third-order valence-corrected chi connectivity index (χ3v) is 5.58. The van der Waals surface area contributed by atoms with E-state index >= 15 is 0 Å². The molecule has 1 fully saturated rings. The van der Waals surface area contributed by atoms with E-state index in [4.69, 9.17) is 9.05 Å². The van der Waals surface area contributed by atoms with Gasteiger partial charge in [-0.25, -0.2) is 0 Å². The maximum atomic E-state index is 12.1. The molecule has 2 bridgehead atoms. The van der Waals surface area contributed by atoms with Gasteiger partial charge in [-0.2, -0.15) is 0 Å². The lowest BCUT2D eigenvalue weighted by atomic mass is 10.1. The van der Waals surface area contributed by atoms with Gasteiger partial charge in [0.1, 0.15) is 0 Å². The Morgan fingerprint density at radius 3 is 2.31 bits per heavy atom. The smallest absolute Gasteiger partial charge is 0.312 e. The zero-order valence-corrected chi connectivity index (χ0v) is 8.87. The Kier molecular flexibility index (Phi) is 2.35. The van der Waals surface area contributed by atoms with Gasteiger partial charge in [0.05, 0.1) is 5.66 Å². The van der Waals surface area contributed by atoms with Crippen molar-refractivity contribution in [3.8, 4) is 0 Å². The topological polar surface area (TPSA) is 35.5 Å². The van der Waals surface area contributed by atoms with Crippen LogP contribution in [0.1, 0.15) is 12.8 Å². The van der Waals surface area contributed by atoms with Crippen molar-refractivity contribution in [2.75, 3.05) is 14.2 Å². The molecule has 0 heterocycles. The second-order valence-electron chi connectivity index (χ2n) is 3.75. The van der Waals surface area contributed by atoms with E-state index in [2.05, 4.69) is 12.2 Å². The van der Waals surface area contributed by atoms with Crippen LogP contribution < -0.4 is 0 Å². The molecular formula is C9H15O3P. The minimum atomic E-state index is -2.82. The van der Waals surface area contributed by atoms with Gasteiger partial charge in [-0.1, -0.05) is 12.2 Å². The number of hydrogen-bond donors (Lipinski definition) is 0. The lowest BCUT2D eigenvalue weighted by Crippen LogP contribution is -2.16. The Labute approximate surface area is 78.6 Å². The number of allylic oxidation sites excluding steroid dienone is 2. The zero-order valence-electron chi connectivity index (χ0n) is 7.97. The van der Waals surface area contributed by atoms with E-state index in [1.807, 2.05) is 0 Å². The first-order chi connectivity index (χ1) is 6.19. The largest absolute Gasteiger partial charge is 0.333 e. The minimum absolute atomic E-state index is 0.0949. The predicted molar refractivity (Wildman–Crippen MR) is 50.8 cm³/mol. The first kappa shape index (κ1) is 9.45. The Morgan fingerprint density at radius 2 is 1.92 bits per heavy atom. The van der Waals surface area contributed by atoms with Gasteiger partial charge in [-0.05, 0) is 24.7 Å². The molecule has 4 heteroatoms. The molecule has 0 aliphatic heterocycles. The van der Waals surface area contributed by atoms with Crippen LogP contribution in [0.3, 0.4) is 0 Å². The fourth-order valence-electron chi connectivity index (χ4n) is 2.46. The summed E-state index contributed by atoms with van der Waals surface area (Å²) >= 11 is 0. The number of rotatable bonds is 3. The Balaban J connectivity index is 2.18. The van der Waals surface area contributed by atoms with Crippen LogP contribution in [0.2, 0.25) is 0 Å². The molecular weight excluding hydrogens is 187 g/mol. The van der Waals surface area contributed by atoms with E-state index in [1.165, 1.54) is 14.2 Å². The summed E-state index contributed by atoms with van der Waals surface area (Å²) in [5.74, 6) is 1.02. The molecule has 2 aliphatic rings.